The minimum absolute atomic E-state index is 0.108. The van der Waals surface area contributed by atoms with Gasteiger partial charge in [-0.15, -0.1) is 0 Å². The third-order valence-electron chi connectivity index (χ3n) is 3.92. The number of rotatable bonds is 2. The van der Waals surface area contributed by atoms with Crippen LogP contribution in [0.25, 0.3) is 0 Å². The van der Waals surface area contributed by atoms with Gasteiger partial charge < -0.3 is 9.88 Å². The molecule has 0 bridgehead atoms. The highest BCUT2D eigenvalue weighted by Crippen LogP contribution is 2.35. The molecule has 1 unspecified atom stereocenters. The first-order valence-electron chi connectivity index (χ1n) is 6.69. The first kappa shape index (κ1) is 12.7. The maximum absolute atomic E-state index is 11.8. The van der Waals surface area contributed by atoms with Gasteiger partial charge in [-0.05, 0) is 30.5 Å². The summed E-state index contributed by atoms with van der Waals surface area (Å²) in [5.74, 6) is 0.108. The molecular formula is C15H17N3O2. The van der Waals surface area contributed by atoms with E-state index in [1.54, 1.807) is 0 Å². The van der Waals surface area contributed by atoms with Crippen LogP contribution < -0.4 is 16.1 Å². The van der Waals surface area contributed by atoms with E-state index >= 15 is 0 Å². The minimum Gasteiger partial charge on any atom is -0.378 e. The molecular weight excluding hydrogens is 254 g/mol. The van der Waals surface area contributed by atoms with Gasteiger partial charge in [-0.25, -0.2) is 4.79 Å². The molecule has 0 spiro atoms. The van der Waals surface area contributed by atoms with Crippen molar-refractivity contribution in [1.82, 2.24) is 9.97 Å². The van der Waals surface area contributed by atoms with Crippen LogP contribution in [0.3, 0.4) is 0 Å². The number of nitrogens with zero attached hydrogens (tertiary/aromatic N) is 1. The van der Waals surface area contributed by atoms with E-state index in [9.17, 15) is 9.59 Å². The molecule has 0 amide bonds. The second-order valence-electron chi connectivity index (χ2n) is 5.38. The molecule has 0 saturated carbocycles. The summed E-state index contributed by atoms with van der Waals surface area (Å²) in [6.45, 7) is 0. The predicted octanol–water partition coefficient (Wildman–Crippen LogP) is 1.21. The van der Waals surface area contributed by atoms with Gasteiger partial charge in [0.15, 0.2) is 0 Å². The highest BCUT2D eigenvalue weighted by Gasteiger charge is 2.27. The molecule has 0 fully saturated rings. The maximum Gasteiger partial charge on any atom is 0.325 e. The molecule has 2 N–H and O–H groups in total. The van der Waals surface area contributed by atoms with Crippen LogP contribution in [-0.4, -0.2) is 24.1 Å². The van der Waals surface area contributed by atoms with E-state index in [0.29, 0.717) is 12.0 Å². The summed E-state index contributed by atoms with van der Waals surface area (Å²) in [6, 6.07) is 8.24. The maximum atomic E-state index is 11.8. The topological polar surface area (TPSA) is 69.0 Å². The number of hydrogen-bond acceptors (Lipinski definition) is 3. The van der Waals surface area contributed by atoms with E-state index in [0.717, 1.165) is 23.4 Å². The fourth-order valence-corrected chi connectivity index (χ4v) is 2.85. The summed E-state index contributed by atoms with van der Waals surface area (Å²) in [4.78, 5) is 30.3. The lowest BCUT2D eigenvalue weighted by Gasteiger charge is -2.15. The van der Waals surface area contributed by atoms with Gasteiger partial charge in [-0.2, -0.15) is 0 Å². The average Bonchev–Trinajstić information content (AvgIpc) is 2.82. The molecule has 1 aliphatic carbocycles. The molecule has 0 saturated heterocycles. The Kier molecular flexibility index (Phi) is 2.97. The molecule has 0 aliphatic heterocycles. The van der Waals surface area contributed by atoms with Gasteiger partial charge in [-0.1, -0.05) is 12.1 Å². The Hall–Kier alpha value is -2.30. The third-order valence-corrected chi connectivity index (χ3v) is 3.92. The van der Waals surface area contributed by atoms with Crippen molar-refractivity contribution in [1.29, 1.82) is 0 Å². The number of aromatic nitrogens is 2. The van der Waals surface area contributed by atoms with Crippen LogP contribution in [0.1, 0.15) is 29.2 Å². The first-order valence-corrected chi connectivity index (χ1v) is 6.69. The Morgan fingerprint density at radius 2 is 1.80 bits per heavy atom. The Balaban J connectivity index is 2.03. The van der Waals surface area contributed by atoms with Gasteiger partial charge in [0.1, 0.15) is 0 Å². The Morgan fingerprint density at radius 1 is 1.10 bits per heavy atom. The minimum atomic E-state index is -0.425. The predicted molar refractivity (Wildman–Crippen MR) is 78.6 cm³/mol. The van der Waals surface area contributed by atoms with Crippen LogP contribution in [0, 0.1) is 0 Å². The highest BCUT2D eigenvalue weighted by molar-refractivity contribution is 5.48. The molecule has 5 nitrogen and oxygen atoms in total. The van der Waals surface area contributed by atoms with Crippen molar-refractivity contribution in [2.24, 2.45) is 0 Å². The summed E-state index contributed by atoms with van der Waals surface area (Å²) in [6.07, 6.45) is 1.57. The number of benzene rings is 1. The molecule has 104 valence electrons. The molecule has 1 aromatic heterocycles. The van der Waals surface area contributed by atoms with E-state index in [1.165, 1.54) is 0 Å². The van der Waals surface area contributed by atoms with E-state index in [4.69, 9.17) is 0 Å². The smallest absolute Gasteiger partial charge is 0.325 e. The third kappa shape index (κ3) is 2.05. The van der Waals surface area contributed by atoms with Gasteiger partial charge in [-0.3, -0.25) is 9.78 Å². The lowest BCUT2D eigenvalue weighted by molar-refractivity contribution is 0.768. The van der Waals surface area contributed by atoms with Crippen molar-refractivity contribution in [3.63, 3.8) is 0 Å². The zero-order valence-corrected chi connectivity index (χ0v) is 11.6. The number of fused-ring (bicyclic) bond motifs is 1. The number of H-pyrrole nitrogens is 2. The van der Waals surface area contributed by atoms with Gasteiger partial charge in [0.25, 0.3) is 5.56 Å². The van der Waals surface area contributed by atoms with Crippen molar-refractivity contribution in [2.75, 3.05) is 19.0 Å². The van der Waals surface area contributed by atoms with E-state index in [2.05, 4.69) is 34.2 Å². The Bertz CT molecular complexity index is 741. The standard InChI is InChI=1S/C15H17N3O2/c1-18(2)10-5-3-9(4-6-10)11-7-8-12-13(11)16-15(20)17-14(12)19/h3-6,11H,7-8H2,1-2H3,(H2,16,17,19,20). The van der Waals surface area contributed by atoms with Crippen LogP contribution >= 0.6 is 0 Å². The second kappa shape index (κ2) is 4.67. The van der Waals surface area contributed by atoms with Crippen molar-refractivity contribution in [3.05, 3.63) is 61.9 Å². The Labute approximate surface area is 116 Å². The number of hydrogen-bond donors (Lipinski definition) is 2. The number of nitrogens with one attached hydrogen (secondary N) is 2. The second-order valence-corrected chi connectivity index (χ2v) is 5.38. The molecule has 5 heteroatoms. The summed E-state index contributed by atoms with van der Waals surface area (Å²) in [7, 11) is 3.99. The summed E-state index contributed by atoms with van der Waals surface area (Å²) < 4.78 is 0. The molecule has 0 radical (unpaired) electrons. The molecule has 2 aromatic rings. The quantitative estimate of drug-likeness (QED) is 0.862. The van der Waals surface area contributed by atoms with Gasteiger partial charge >= 0.3 is 5.69 Å². The Morgan fingerprint density at radius 3 is 2.45 bits per heavy atom. The number of anilines is 1. The van der Waals surface area contributed by atoms with Crippen molar-refractivity contribution < 1.29 is 0 Å². The summed E-state index contributed by atoms with van der Waals surface area (Å²) in [5, 5.41) is 0. The van der Waals surface area contributed by atoms with E-state index in [1.807, 2.05) is 19.0 Å². The van der Waals surface area contributed by atoms with E-state index < -0.39 is 5.69 Å². The molecule has 1 aromatic carbocycles. The fourth-order valence-electron chi connectivity index (χ4n) is 2.85. The van der Waals surface area contributed by atoms with Gasteiger partial charge in [0.05, 0.1) is 0 Å². The fraction of sp³-hybridized carbons (Fsp3) is 0.333. The molecule has 1 heterocycles. The molecule has 1 atom stereocenters. The van der Waals surface area contributed by atoms with Crippen LogP contribution in [0.5, 0.6) is 0 Å². The van der Waals surface area contributed by atoms with Gasteiger partial charge in [0, 0.05) is 37.0 Å². The zero-order chi connectivity index (χ0) is 14.3. The van der Waals surface area contributed by atoms with Crippen LogP contribution in [0.2, 0.25) is 0 Å². The van der Waals surface area contributed by atoms with Crippen LogP contribution in [-0.2, 0) is 6.42 Å². The normalized spacial score (nSPS) is 17.0. The summed E-state index contributed by atoms with van der Waals surface area (Å²) >= 11 is 0. The van der Waals surface area contributed by atoms with Gasteiger partial charge in [0.2, 0.25) is 0 Å². The highest BCUT2D eigenvalue weighted by atomic mass is 16.2. The van der Waals surface area contributed by atoms with E-state index in [-0.39, 0.29) is 11.5 Å². The van der Waals surface area contributed by atoms with Crippen molar-refractivity contribution >= 4 is 5.69 Å². The molecule has 20 heavy (non-hydrogen) atoms. The lowest BCUT2D eigenvalue weighted by Crippen LogP contribution is -2.26. The lowest BCUT2D eigenvalue weighted by atomic mass is 9.96. The molecule has 3 rings (SSSR count). The van der Waals surface area contributed by atoms with Crippen molar-refractivity contribution in [3.8, 4) is 0 Å². The molecule has 1 aliphatic rings. The zero-order valence-electron chi connectivity index (χ0n) is 11.6. The van der Waals surface area contributed by atoms with Crippen molar-refractivity contribution in [2.45, 2.75) is 18.8 Å². The SMILES string of the molecule is CN(C)c1ccc(C2CCc3c2[nH]c(=O)[nH]c3=O)cc1. The average molecular weight is 271 g/mol. The van der Waals surface area contributed by atoms with Crippen LogP contribution in [0.4, 0.5) is 5.69 Å². The largest absolute Gasteiger partial charge is 0.378 e. The number of aromatic amines is 2. The first-order chi connectivity index (χ1) is 9.56. The summed E-state index contributed by atoms with van der Waals surface area (Å²) in [5.41, 5.74) is 3.08. The van der Waals surface area contributed by atoms with Crippen LogP contribution in [0.15, 0.2) is 33.9 Å². The monoisotopic (exact) mass is 271 g/mol.